The number of pyridine rings is 1. The van der Waals surface area contributed by atoms with Crippen LogP contribution in [0.15, 0.2) is 35.3 Å². The van der Waals surface area contributed by atoms with Crippen molar-refractivity contribution in [1.82, 2.24) is 4.57 Å². The maximum atomic E-state index is 11.6. The zero-order valence-corrected chi connectivity index (χ0v) is 7.32. The summed E-state index contributed by atoms with van der Waals surface area (Å²) in [6, 6.07) is 7.22. The van der Waals surface area contributed by atoms with Crippen LogP contribution in [0.1, 0.15) is 0 Å². The standard InChI is InChI=1S/C10H10N2O/c1-12-6-5-7-8(10(12)13)3-2-4-9(7)11/h2-6H,11H2,1H3. The number of nitrogen functional groups attached to an aromatic ring is 1. The number of fused-ring (bicyclic) bond motifs is 1. The van der Waals surface area contributed by atoms with Gasteiger partial charge in [-0.05, 0) is 18.2 Å². The molecule has 0 amide bonds. The lowest BCUT2D eigenvalue weighted by Crippen LogP contribution is -2.15. The van der Waals surface area contributed by atoms with Crippen LogP contribution in [0, 0.1) is 0 Å². The molecule has 0 unspecified atom stereocenters. The van der Waals surface area contributed by atoms with Gasteiger partial charge in [0.25, 0.3) is 5.56 Å². The van der Waals surface area contributed by atoms with Crippen LogP contribution in [0.25, 0.3) is 10.8 Å². The minimum absolute atomic E-state index is 0.00944. The van der Waals surface area contributed by atoms with Gasteiger partial charge in [0.15, 0.2) is 0 Å². The second-order valence-electron chi connectivity index (χ2n) is 3.04. The van der Waals surface area contributed by atoms with E-state index in [0.29, 0.717) is 11.1 Å². The first-order valence-electron chi connectivity index (χ1n) is 4.04. The van der Waals surface area contributed by atoms with Gasteiger partial charge in [-0.1, -0.05) is 6.07 Å². The minimum atomic E-state index is -0.00944. The SMILES string of the molecule is Cn1ccc2c(N)cccc2c1=O. The first kappa shape index (κ1) is 7.86. The van der Waals surface area contributed by atoms with Crippen molar-refractivity contribution in [2.24, 2.45) is 7.05 Å². The Morgan fingerprint density at radius 2 is 2.00 bits per heavy atom. The normalized spacial score (nSPS) is 10.5. The smallest absolute Gasteiger partial charge is 0.258 e. The number of rotatable bonds is 0. The third-order valence-corrected chi connectivity index (χ3v) is 2.16. The van der Waals surface area contributed by atoms with Crippen molar-refractivity contribution in [3.63, 3.8) is 0 Å². The molecule has 2 rings (SSSR count). The molecule has 0 atom stereocenters. The van der Waals surface area contributed by atoms with Crippen molar-refractivity contribution in [1.29, 1.82) is 0 Å². The quantitative estimate of drug-likeness (QED) is 0.608. The molecule has 0 saturated carbocycles. The summed E-state index contributed by atoms with van der Waals surface area (Å²) < 4.78 is 1.54. The summed E-state index contributed by atoms with van der Waals surface area (Å²) in [6.07, 6.45) is 1.72. The van der Waals surface area contributed by atoms with E-state index in [1.165, 1.54) is 0 Å². The fraction of sp³-hybridized carbons (Fsp3) is 0.100. The third-order valence-electron chi connectivity index (χ3n) is 2.16. The second kappa shape index (κ2) is 2.62. The highest BCUT2D eigenvalue weighted by atomic mass is 16.1. The molecule has 0 radical (unpaired) electrons. The van der Waals surface area contributed by atoms with Gasteiger partial charge in [0.1, 0.15) is 0 Å². The Hall–Kier alpha value is -1.77. The molecule has 0 aliphatic carbocycles. The van der Waals surface area contributed by atoms with Gasteiger partial charge in [-0.25, -0.2) is 0 Å². The lowest BCUT2D eigenvalue weighted by Gasteiger charge is -2.02. The van der Waals surface area contributed by atoms with Crippen LogP contribution in [-0.4, -0.2) is 4.57 Å². The summed E-state index contributed by atoms with van der Waals surface area (Å²) in [4.78, 5) is 11.6. The highest BCUT2D eigenvalue weighted by molar-refractivity contribution is 5.91. The van der Waals surface area contributed by atoms with E-state index in [0.717, 1.165) is 5.39 Å². The Kier molecular flexibility index (Phi) is 1.59. The Balaban J connectivity index is 3.03. The van der Waals surface area contributed by atoms with Crippen LogP contribution in [-0.2, 0) is 7.05 Å². The Morgan fingerprint density at radius 3 is 2.77 bits per heavy atom. The first-order chi connectivity index (χ1) is 6.20. The topological polar surface area (TPSA) is 48.0 Å². The molecular formula is C10H10N2O. The highest BCUT2D eigenvalue weighted by Crippen LogP contribution is 2.16. The van der Waals surface area contributed by atoms with E-state index in [9.17, 15) is 4.79 Å². The Morgan fingerprint density at radius 1 is 1.23 bits per heavy atom. The van der Waals surface area contributed by atoms with E-state index in [1.807, 2.05) is 6.07 Å². The van der Waals surface area contributed by atoms with Crippen LogP contribution in [0.4, 0.5) is 5.69 Å². The molecule has 0 saturated heterocycles. The number of nitrogens with two attached hydrogens (primary N) is 1. The highest BCUT2D eigenvalue weighted by Gasteiger charge is 2.01. The molecule has 1 aromatic carbocycles. The summed E-state index contributed by atoms with van der Waals surface area (Å²) in [5, 5.41) is 1.50. The summed E-state index contributed by atoms with van der Waals surface area (Å²) in [6.45, 7) is 0. The lowest BCUT2D eigenvalue weighted by molar-refractivity contribution is 0.873. The number of hydrogen-bond acceptors (Lipinski definition) is 2. The summed E-state index contributed by atoms with van der Waals surface area (Å²) >= 11 is 0. The van der Waals surface area contributed by atoms with E-state index in [-0.39, 0.29) is 5.56 Å². The zero-order chi connectivity index (χ0) is 9.42. The van der Waals surface area contributed by atoms with Gasteiger partial charge in [0.2, 0.25) is 0 Å². The van der Waals surface area contributed by atoms with Gasteiger partial charge < -0.3 is 10.3 Å². The number of aromatic nitrogens is 1. The van der Waals surface area contributed by atoms with E-state index >= 15 is 0 Å². The van der Waals surface area contributed by atoms with Gasteiger partial charge in [-0.2, -0.15) is 0 Å². The molecular weight excluding hydrogens is 164 g/mol. The molecule has 0 aliphatic heterocycles. The Labute approximate surface area is 75.4 Å². The van der Waals surface area contributed by atoms with Crippen LogP contribution in [0.5, 0.6) is 0 Å². The molecule has 0 aliphatic rings. The molecule has 3 nitrogen and oxygen atoms in total. The molecule has 2 N–H and O–H groups in total. The predicted octanol–water partition coefficient (Wildman–Crippen LogP) is 1.12. The number of aryl methyl sites for hydroxylation is 1. The monoisotopic (exact) mass is 174 g/mol. The molecule has 0 bridgehead atoms. The maximum absolute atomic E-state index is 11.6. The Bertz CT molecular complexity index is 514. The number of nitrogens with zero attached hydrogens (tertiary/aromatic N) is 1. The fourth-order valence-electron chi connectivity index (χ4n) is 1.40. The molecule has 0 spiro atoms. The van der Waals surface area contributed by atoms with E-state index in [1.54, 1.807) is 36.0 Å². The van der Waals surface area contributed by atoms with Crippen LogP contribution < -0.4 is 11.3 Å². The van der Waals surface area contributed by atoms with E-state index < -0.39 is 0 Å². The van der Waals surface area contributed by atoms with Crippen LogP contribution in [0.3, 0.4) is 0 Å². The van der Waals surface area contributed by atoms with Gasteiger partial charge in [0, 0.05) is 29.7 Å². The summed E-state index contributed by atoms with van der Waals surface area (Å²) in [7, 11) is 1.73. The largest absolute Gasteiger partial charge is 0.398 e. The average Bonchev–Trinajstić information content (AvgIpc) is 2.12. The number of hydrogen-bond donors (Lipinski definition) is 1. The van der Waals surface area contributed by atoms with Gasteiger partial charge >= 0.3 is 0 Å². The van der Waals surface area contributed by atoms with Crippen molar-refractivity contribution in [2.75, 3.05) is 5.73 Å². The van der Waals surface area contributed by atoms with Crippen LogP contribution >= 0.6 is 0 Å². The van der Waals surface area contributed by atoms with Crippen LogP contribution in [0.2, 0.25) is 0 Å². The van der Waals surface area contributed by atoms with E-state index in [2.05, 4.69) is 0 Å². The third kappa shape index (κ3) is 1.09. The molecule has 2 aromatic rings. The van der Waals surface area contributed by atoms with Gasteiger partial charge in [0.05, 0.1) is 0 Å². The number of anilines is 1. The van der Waals surface area contributed by atoms with Crippen molar-refractivity contribution in [2.45, 2.75) is 0 Å². The molecule has 66 valence electrons. The second-order valence-corrected chi connectivity index (χ2v) is 3.04. The molecule has 0 fully saturated rings. The fourth-order valence-corrected chi connectivity index (χ4v) is 1.40. The predicted molar refractivity (Wildman–Crippen MR) is 53.6 cm³/mol. The molecule has 1 heterocycles. The molecule has 13 heavy (non-hydrogen) atoms. The number of benzene rings is 1. The van der Waals surface area contributed by atoms with Crippen molar-refractivity contribution in [3.05, 3.63) is 40.8 Å². The lowest BCUT2D eigenvalue weighted by atomic mass is 10.1. The van der Waals surface area contributed by atoms with Gasteiger partial charge in [-0.15, -0.1) is 0 Å². The maximum Gasteiger partial charge on any atom is 0.258 e. The zero-order valence-electron chi connectivity index (χ0n) is 7.32. The first-order valence-corrected chi connectivity index (χ1v) is 4.04. The van der Waals surface area contributed by atoms with Crippen molar-refractivity contribution >= 4 is 16.5 Å². The molecule has 1 aromatic heterocycles. The van der Waals surface area contributed by atoms with Crippen molar-refractivity contribution in [3.8, 4) is 0 Å². The summed E-state index contributed by atoms with van der Waals surface area (Å²) in [5.41, 5.74) is 6.37. The van der Waals surface area contributed by atoms with E-state index in [4.69, 9.17) is 5.73 Å². The molecule has 3 heteroatoms. The average molecular weight is 174 g/mol. The van der Waals surface area contributed by atoms with Crippen molar-refractivity contribution < 1.29 is 0 Å². The summed E-state index contributed by atoms with van der Waals surface area (Å²) in [5.74, 6) is 0. The minimum Gasteiger partial charge on any atom is -0.398 e. The van der Waals surface area contributed by atoms with Gasteiger partial charge in [-0.3, -0.25) is 4.79 Å².